The summed E-state index contributed by atoms with van der Waals surface area (Å²) in [5, 5.41) is 0. The van der Waals surface area contributed by atoms with Crippen molar-refractivity contribution in [2.45, 2.75) is 71.4 Å². The van der Waals surface area contributed by atoms with E-state index in [1.54, 1.807) is 0 Å². The van der Waals surface area contributed by atoms with Crippen LogP contribution in [0.3, 0.4) is 0 Å². The maximum atomic E-state index is 6.12. The second-order valence-corrected chi connectivity index (χ2v) is 6.29. The Morgan fingerprint density at radius 3 is 2.29 bits per heavy atom. The molecule has 3 unspecified atom stereocenters. The Bertz CT molecular complexity index is 363. The van der Waals surface area contributed by atoms with Gasteiger partial charge in [-0.1, -0.05) is 57.5 Å². The van der Waals surface area contributed by atoms with Crippen LogP contribution < -0.4 is 5.73 Å². The maximum absolute atomic E-state index is 6.12. The van der Waals surface area contributed by atoms with E-state index >= 15 is 0 Å². The number of benzene rings is 1. The van der Waals surface area contributed by atoms with Crippen LogP contribution in [-0.4, -0.2) is 30.1 Å². The van der Waals surface area contributed by atoms with Gasteiger partial charge < -0.3 is 5.73 Å². The largest absolute Gasteiger partial charge is 0.329 e. The minimum Gasteiger partial charge on any atom is -0.329 e. The second-order valence-electron chi connectivity index (χ2n) is 6.29. The van der Waals surface area contributed by atoms with Crippen LogP contribution in [0.2, 0.25) is 0 Å². The standard InChI is InChI=1S/C19H34N2/c1-5-7-13-21(17(4)6-2)19(15-20)14-16(3)18-11-9-8-10-12-18/h8-12,16-17,19H,5-7,13-15,20H2,1-4H3. The maximum Gasteiger partial charge on any atom is 0.0226 e. The van der Waals surface area contributed by atoms with E-state index in [-0.39, 0.29) is 0 Å². The summed E-state index contributed by atoms with van der Waals surface area (Å²) in [6.07, 6.45) is 4.85. The molecular weight excluding hydrogens is 256 g/mol. The Hall–Kier alpha value is -0.860. The van der Waals surface area contributed by atoms with Crippen molar-refractivity contribution in [2.75, 3.05) is 13.1 Å². The fraction of sp³-hybridized carbons (Fsp3) is 0.684. The third-order valence-electron chi connectivity index (χ3n) is 4.66. The molecule has 0 radical (unpaired) electrons. The highest BCUT2D eigenvalue weighted by molar-refractivity contribution is 5.19. The molecule has 0 heterocycles. The first kappa shape index (κ1) is 18.2. The molecule has 3 atom stereocenters. The molecule has 1 rings (SSSR count). The highest BCUT2D eigenvalue weighted by Gasteiger charge is 2.23. The number of hydrogen-bond donors (Lipinski definition) is 1. The molecule has 2 nitrogen and oxygen atoms in total. The zero-order chi connectivity index (χ0) is 15.7. The highest BCUT2D eigenvalue weighted by atomic mass is 15.2. The van der Waals surface area contributed by atoms with Crippen molar-refractivity contribution in [3.63, 3.8) is 0 Å². The fourth-order valence-electron chi connectivity index (χ4n) is 3.03. The predicted octanol–water partition coefficient (Wildman–Crippen LogP) is 4.41. The first-order chi connectivity index (χ1) is 10.1. The lowest BCUT2D eigenvalue weighted by Gasteiger charge is -2.37. The zero-order valence-corrected chi connectivity index (χ0v) is 14.4. The van der Waals surface area contributed by atoms with Crippen molar-refractivity contribution in [3.05, 3.63) is 35.9 Å². The summed E-state index contributed by atoms with van der Waals surface area (Å²) in [4.78, 5) is 2.64. The Labute approximate surface area is 131 Å². The van der Waals surface area contributed by atoms with Gasteiger partial charge in [-0.15, -0.1) is 0 Å². The topological polar surface area (TPSA) is 29.3 Å². The number of unbranched alkanes of at least 4 members (excludes halogenated alkanes) is 1. The molecule has 0 spiro atoms. The Kier molecular flexibility index (Phi) is 8.63. The molecule has 0 aliphatic rings. The molecule has 0 amide bonds. The summed E-state index contributed by atoms with van der Waals surface area (Å²) in [6, 6.07) is 11.9. The van der Waals surface area contributed by atoms with Gasteiger partial charge in [0.25, 0.3) is 0 Å². The van der Waals surface area contributed by atoms with Crippen molar-refractivity contribution in [1.29, 1.82) is 0 Å². The third-order valence-corrected chi connectivity index (χ3v) is 4.66. The molecule has 0 aliphatic heterocycles. The minimum absolute atomic E-state index is 0.488. The van der Waals surface area contributed by atoms with Crippen molar-refractivity contribution < 1.29 is 0 Å². The molecule has 1 aromatic rings. The van der Waals surface area contributed by atoms with E-state index in [0.717, 1.165) is 13.0 Å². The summed E-state index contributed by atoms with van der Waals surface area (Å²) in [5.41, 5.74) is 7.55. The molecule has 0 fully saturated rings. The first-order valence-electron chi connectivity index (χ1n) is 8.64. The molecule has 0 aliphatic carbocycles. The molecule has 0 saturated carbocycles. The number of nitrogens with zero attached hydrogens (tertiary/aromatic N) is 1. The lowest BCUT2D eigenvalue weighted by atomic mass is 9.92. The lowest BCUT2D eigenvalue weighted by molar-refractivity contribution is 0.129. The molecule has 21 heavy (non-hydrogen) atoms. The molecule has 2 N–H and O–H groups in total. The van der Waals surface area contributed by atoms with E-state index < -0.39 is 0 Å². The van der Waals surface area contributed by atoms with Gasteiger partial charge in [-0.3, -0.25) is 4.90 Å². The van der Waals surface area contributed by atoms with Crippen LogP contribution >= 0.6 is 0 Å². The second kappa shape index (κ2) is 9.97. The summed E-state index contributed by atoms with van der Waals surface area (Å²) in [6.45, 7) is 11.1. The van der Waals surface area contributed by atoms with Gasteiger partial charge in [0.15, 0.2) is 0 Å². The van der Waals surface area contributed by atoms with Gasteiger partial charge in [-0.05, 0) is 44.2 Å². The summed E-state index contributed by atoms with van der Waals surface area (Å²) < 4.78 is 0. The molecule has 0 aromatic heterocycles. The van der Waals surface area contributed by atoms with Crippen LogP contribution in [0.5, 0.6) is 0 Å². The van der Waals surface area contributed by atoms with Gasteiger partial charge in [0.05, 0.1) is 0 Å². The van der Waals surface area contributed by atoms with Crippen LogP contribution in [0.1, 0.15) is 64.9 Å². The average Bonchev–Trinajstić information content (AvgIpc) is 2.54. The van der Waals surface area contributed by atoms with E-state index in [9.17, 15) is 0 Å². The first-order valence-corrected chi connectivity index (χ1v) is 8.64. The zero-order valence-electron chi connectivity index (χ0n) is 14.4. The summed E-state index contributed by atoms with van der Waals surface area (Å²) in [7, 11) is 0. The number of hydrogen-bond acceptors (Lipinski definition) is 2. The molecule has 120 valence electrons. The average molecular weight is 290 g/mol. The fourth-order valence-corrected chi connectivity index (χ4v) is 3.03. The molecule has 0 saturated heterocycles. The predicted molar refractivity (Wildman–Crippen MR) is 93.7 cm³/mol. The van der Waals surface area contributed by atoms with Gasteiger partial charge in [0.2, 0.25) is 0 Å². The van der Waals surface area contributed by atoms with Gasteiger partial charge in [0, 0.05) is 18.6 Å². The van der Waals surface area contributed by atoms with Gasteiger partial charge in [0.1, 0.15) is 0 Å². The van der Waals surface area contributed by atoms with Crippen LogP contribution in [0, 0.1) is 0 Å². The Morgan fingerprint density at radius 1 is 1.10 bits per heavy atom. The lowest BCUT2D eigenvalue weighted by Crippen LogP contribution is -2.46. The normalized spacial score (nSPS) is 15.9. The highest BCUT2D eigenvalue weighted by Crippen LogP contribution is 2.24. The summed E-state index contributed by atoms with van der Waals surface area (Å²) in [5.74, 6) is 0.563. The quantitative estimate of drug-likeness (QED) is 0.691. The smallest absolute Gasteiger partial charge is 0.0226 e. The minimum atomic E-state index is 0.488. The van der Waals surface area contributed by atoms with Crippen LogP contribution in [0.4, 0.5) is 0 Å². The Balaban J connectivity index is 2.73. The third kappa shape index (κ3) is 5.80. The number of rotatable bonds is 10. The van der Waals surface area contributed by atoms with Gasteiger partial charge >= 0.3 is 0 Å². The van der Waals surface area contributed by atoms with E-state index in [4.69, 9.17) is 5.73 Å². The van der Waals surface area contributed by atoms with E-state index in [1.807, 2.05) is 0 Å². The summed E-state index contributed by atoms with van der Waals surface area (Å²) >= 11 is 0. The monoisotopic (exact) mass is 290 g/mol. The SMILES string of the molecule is CCCCN(C(C)CC)C(CN)CC(C)c1ccccc1. The number of nitrogens with two attached hydrogens (primary N) is 1. The Morgan fingerprint density at radius 2 is 1.76 bits per heavy atom. The molecule has 0 bridgehead atoms. The van der Waals surface area contributed by atoms with E-state index in [0.29, 0.717) is 18.0 Å². The van der Waals surface area contributed by atoms with E-state index in [2.05, 4.69) is 62.9 Å². The van der Waals surface area contributed by atoms with Crippen molar-refractivity contribution in [3.8, 4) is 0 Å². The molecular formula is C19H34N2. The van der Waals surface area contributed by atoms with Gasteiger partial charge in [-0.2, -0.15) is 0 Å². The van der Waals surface area contributed by atoms with Crippen LogP contribution in [0.15, 0.2) is 30.3 Å². The molecule has 1 aromatic carbocycles. The van der Waals surface area contributed by atoms with Crippen LogP contribution in [0.25, 0.3) is 0 Å². The van der Waals surface area contributed by atoms with Crippen LogP contribution in [-0.2, 0) is 0 Å². The van der Waals surface area contributed by atoms with Crippen molar-refractivity contribution >= 4 is 0 Å². The van der Waals surface area contributed by atoms with E-state index in [1.165, 1.54) is 31.4 Å². The van der Waals surface area contributed by atoms with Gasteiger partial charge in [-0.25, -0.2) is 0 Å². The van der Waals surface area contributed by atoms with Crippen molar-refractivity contribution in [2.24, 2.45) is 5.73 Å². The molecule has 2 heteroatoms. The van der Waals surface area contributed by atoms with Crippen molar-refractivity contribution in [1.82, 2.24) is 4.90 Å².